The highest BCUT2D eigenvalue weighted by Gasteiger charge is 2.27. The van der Waals surface area contributed by atoms with Gasteiger partial charge >= 0.3 is 0 Å². The molecule has 0 saturated carbocycles. The number of nitrogens with zero attached hydrogens (tertiary/aromatic N) is 2. The molecule has 1 amide bonds. The van der Waals surface area contributed by atoms with E-state index in [1.165, 1.54) is 0 Å². The summed E-state index contributed by atoms with van der Waals surface area (Å²) in [5, 5.41) is 3.10. The van der Waals surface area contributed by atoms with E-state index in [1.807, 2.05) is 6.92 Å². The topological polar surface area (TPSA) is 56.2 Å². The summed E-state index contributed by atoms with van der Waals surface area (Å²) in [7, 11) is 0. The lowest BCUT2D eigenvalue weighted by Gasteiger charge is -2.25. The van der Waals surface area contributed by atoms with Gasteiger partial charge in [-0.2, -0.15) is 0 Å². The maximum Gasteiger partial charge on any atom is 0.249 e. The van der Waals surface area contributed by atoms with Gasteiger partial charge in [0.15, 0.2) is 0 Å². The Morgan fingerprint density at radius 3 is 3.22 bits per heavy atom. The lowest BCUT2D eigenvalue weighted by molar-refractivity contribution is -0.131. The molecule has 18 heavy (non-hydrogen) atoms. The van der Waals surface area contributed by atoms with Gasteiger partial charge in [0.25, 0.3) is 0 Å². The molecule has 3 heterocycles. The number of hydrogen-bond donors (Lipinski definition) is 1. The normalized spacial score (nSPS) is 26.9. The molecule has 1 N–H and O–H groups in total. The van der Waals surface area contributed by atoms with E-state index in [2.05, 4.69) is 21.1 Å². The van der Waals surface area contributed by atoms with E-state index >= 15 is 0 Å². The fraction of sp³-hybridized carbons (Fsp3) is 0.692. The van der Waals surface area contributed by atoms with Crippen LogP contribution in [0.5, 0.6) is 0 Å². The number of amides is 1. The SMILES string of the molecule is Cc1cn2c(n1)CCC(NC(=O)C1CCCO1)C2. The van der Waals surface area contributed by atoms with Crippen LogP contribution in [0.25, 0.3) is 0 Å². The summed E-state index contributed by atoms with van der Waals surface area (Å²) in [6.07, 6.45) is 5.58. The first kappa shape index (κ1) is 11.7. The quantitative estimate of drug-likeness (QED) is 0.843. The summed E-state index contributed by atoms with van der Waals surface area (Å²) in [4.78, 5) is 16.4. The highest BCUT2D eigenvalue weighted by molar-refractivity contribution is 5.81. The predicted octanol–water partition coefficient (Wildman–Crippen LogP) is 0.802. The van der Waals surface area contributed by atoms with E-state index in [0.717, 1.165) is 43.7 Å². The van der Waals surface area contributed by atoms with Crippen LogP contribution >= 0.6 is 0 Å². The Hall–Kier alpha value is -1.36. The van der Waals surface area contributed by atoms with Gasteiger partial charge in [0.05, 0.1) is 5.69 Å². The van der Waals surface area contributed by atoms with Crippen LogP contribution in [0.4, 0.5) is 0 Å². The average molecular weight is 249 g/mol. The average Bonchev–Trinajstić information content (AvgIpc) is 2.95. The summed E-state index contributed by atoms with van der Waals surface area (Å²) in [6.45, 7) is 3.55. The number of hydrogen-bond acceptors (Lipinski definition) is 3. The second-order valence-corrected chi connectivity index (χ2v) is 5.20. The molecule has 1 fully saturated rings. The second kappa shape index (κ2) is 4.72. The van der Waals surface area contributed by atoms with Crippen LogP contribution in [0.1, 0.15) is 30.8 Å². The fourth-order valence-corrected chi connectivity index (χ4v) is 2.78. The van der Waals surface area contributed by atoms with Gasteiger partial charge in [-0.15, -0.1) is 0 Å². The number of rotatable bonds is 2. The Balaban J connectivity index is 1.60. The first-order valence-electron chi connectivity index (χ1n) is 6.67. The third kappa shape index (κ3) is 2.27. The van der Waals surface area contributed by atoms with Crippen LogP contribution < -0.4 is 5.32 Å². The molecule has 0 radical (unpaired) electrons. The number of carbonyl (C=O) groups is 1. The Kier molecular flexibility index (Phi) is 3.07. The Bertz CT molecular complexity index is 449. The fourth-order valence-electron chi connectivity index (χ4n) is 2.78. The van der Waals surface area contributed by atoms with E-state index in [-0.39, 0.29) is 18.1 Å². The van der Waals surface area contributed by atoms with E-state index < -0.39 is 0 Å². The third-order valence-electron chi connectivity index (χ3n) is 3.68. The van der Waals surface area contributed by atoms with Crippen LogP contribution in [0, 0.1) is 6.92 Å². The first-order chi connectivity index (χ1) is 8.72. The highest BCUT2D eigenvalue weighted by atomic mass is 16.5. The zero-order valence-electron chi connectivity index (χ0n) is 10.7. The summed E-state index contributed by atoms with van der Waals surface area (Å²) >= 11 is 0. The summed E-state index contributed by atoms with van der Waals surface area (Å²) in [5.74, 6) is 1.19. The lowest BCUT2D eigenvalue weighted by Crippen LogP contribution is -2.45. The summed E-state index contributed by atoms with van der Waals surface area (Å²) in [5.41, 5.74) is 1.05. The van der Waals surface area contributed by atoms with E-state index in [9.17, 15) is 4.79 Å². The van der Waals surface area contributed by atoms with Crippen LogP contribution in [0.3, 0.4) is 0 Å². The number of imidazole rings is 1. The van der Waals surface area contributed by atoms with Gasteiger partial charge in [-0.1, -0.05) is 0 Å². The number of aryl methyl sites for hydroxylation is 2. The molecule has 1 aromatic rings. The van der Waals surface area contributed by atoms with Crippen molar-refractivity contribution in [3.05, 3.63) is 17.7 Å². The zero-order chi connectivity index (χ0) is 12.5. The summed E-state index contributed by atoms with van der Waals surface area (Å²) in [6, 6.07) is 0.211. The lowest BCUT2D eigenvalue weighted by atomic mass is 10.1. The van der Waals surface area contributed by atoms with Gasteiger partial charge < -0.3 is 14.6 Å². The van der Waals surface area contributed by atoms with Crippen LogP contribution in [-0.2, 0) is 22.5 Å². The van der Waals surface area contributed by atoms with Crippen LogP contribution in [-0.4, -0.2) is 34.2 Å². The maximum absolute atomic E-state index is 12.0. The minimum absolute atomic E-state index is 0.0535. The highest BCUT2D eigenvalue weighted by Crippen LogP contribution is 2.17. The van der Waals surface area contributed by atoms with Gasteiger partial charge in [-0.25, -0.2) is 4.98 Å². The smallest absolute Gasteiger partial charge is 0.249 e. The van der Waals surface area contributed by atoms with Gasteiger partial charge in [-0.3, -0.25) is 4.79 Å². The maximum atomic E-state index is 12.0. The van der Waals surface area contributed by atoms with Crippen molar-refractivity contribution < 1.29 is 9.53 Å². The molecule has 3 rings (SSSR count). The molecule has 2 aliphatic heterocycles. The molecule has 5 nitrogen and oxygen atoms in total. The number of nitrogens with one attached hydrogen (secondary N) is 1. The molecule has 5 heteroatoms. The zero-order valence-corrected chi connectivity index (χ0v) is 10.7. The van der Waals surface area contributed by atoms with Crippen molar-refractivity contribution >= 4 is 5.91 Å². The molecule has 0 bridgehead atoms. The third-order valence-corrected chi connectivity index (χ3v) is 3.68. The standard InChI is InChI=1S/C13H19N3O2/c1-9-7-16-8-10(4-5-12(16)14-9)15-13(17)11-3-2-6-18-11/h7,10-11H,2-6,8H2,1H3,(H,15,17). The van der Waals surface area contributed by atoms with Crippen LogP contribution in [0.2, 0.25) is 0 Å². The minimum atomic E-state index is -0.226. The van der Waals surface area contributed by atoms with Gasteiger partial charge in [-0.05, 0) is 26.2 Å². The van der Waals surface area contributed by atoms with Crippen LogP contribution in [0.15, 0.2) is 6.20 Å². The first-order valence-corrected chi connectivity index (χ1v) is 6.67. The Morgan fingerprint density at radius 1 is 1.56 bits per heavy atom. The molecule has 0 aromatic carbocycles. The molecule has 2 unspecified atom stereocenters. The van der Waals surface area contributed by atoms with E-state index in [0.29, 0.717) is 6.61 Å². The van der Waals surface area contributed by atoms with Crippen molar-refractivity contribution in [3.63, 3.8) is 0 Å². The van der Waals surface area contributed by atoms with Crippen molar-refractivity contribution in [2.45, 2.75) is 51.3 Å². The van der Waals surface area contributed by atoms with Gasteiger partial charge in [0, 0.05) is 31.8 Å². The van der Waals surface area contributed by atoms with Gasteiger partial charge in [0.2, 0.25) is 5.91 Å². The summed E-state index contributed by atoms with van der Waals surface area (Å²) < 4.78 is 7.55. The molecule has 2 atom stereocenters. The van der Waals surface area contributed by atoms with Crippen molar-refractivity contribution in [1.29, 1.82) is 0 Å². The van der Waals surface area contributed by atoms with Crippen molar-refractivity contribution in [1.82, 2.24) is 14.9 Å². The second-order valence-electron chi connectivity index (χ2n) is 5.20. The molecule has 2 aliphatic rings. The molecule has 1 aromatic heterocycles. The Morgan fingerprint density at radius 2 is 2.44 bits per heavy atom. The molecule has 0 aliphatic carbocycles. The number of fused-ring (bicyclic) bond motifs is 1. The van der Waals surface area contributed by atoms with Gasteiger partial charge in [0.1, 0.15) is 11.9 Å². The Labute approximate surface area is 107 Å². The van der Waals surface area contributed by atoms with Crippen molar-refractivity contribution in [3.8, 4) is 0 Å². The monoisotopic (exact) mass is 249 g/mol. The molecule has 1 saturated heterocycles. The van der Waals surface area contributed by atoms with E-state index in [1.54, 1.807) is 0 Å². The number of ether oxygens (including phenoxy) is 1. The molecule has 98 valence electrons. The number of aromatic nitrogens is 2. The number of carbonyl (C=O) groups excluding carboxylic acids is 1. The van der Waals surface area contributed by atoms with Crippen molar-refractivity contribution in [2.24, 2.45) is 0 Å². The molecular weight excluding hydrogens is 230 g/mol. The molecule has 0 spiro atoms. The largest absolute Gasteiger partial charge is 0.368 e. The van der Waals surface area contributed by atoms with Crippen molar-refractivity contribution in [2.75, 3.05) is 6.61 Å². The van der Waals surface area contributed by atoms with E-state index in [4.69, 9.17) is 4.74 Å². The minimum Gasteiger partial charge on any atom is -0.368 e. The predicted molar refractivity (Wildman–Crippen MR) is 66.2 cm³/mol. The molecular formula is C13H19N3O2.